The van der Waals surface area contributed by atoms with E-state index >= 15 is 0 Å². The van der Waals surface area contributed by atoms with E-state index in [1.165, 1.54) is 18.9 Å². The van der Waals surface area contributed by atoms with Crippen LogP contribution in [0.2, 0.25) is 6.04 Å². The molecule has 1 unspecified atom stereocenters. The molecule has 1 saturated heterocycles. The van der Waals surface area contributed by atoms with E-state index in [1.807, 2.05) is 0 Å². The van der Waals surface area contributed by atoms with Gasteiger partial charge in [0.05, 0.1) is 0 Å². The zero-order valence-corrected chi connectivity index (χ0v) is 7.02. The Kier molecular flexibility index (Phi) is 2.93. The Balaban J connectivity index is 2.13. The molecule has 1 aliphatic heterocycles. The van der Waals surface area contributed by atoms with Crippen LogP contribution in [-0.2, 0) is 4.43 Å². The van der Waals surface area contributed by atoms with Crippen LogP contribution in [-0.4, -0.2) is 21.0 Å². The average molecular weight is 148 g/mol. The van der Waals surface area contributed by atoms with Crippen molar-refractivity contribution in [3.8, 4) is 0 Å². The van der Waals surface area contributed by atoms with Crippen molar-refractivity contribution in [2.75, 3.05) is 12.0 Å². The molecule has 48 valence electrons. The minimum Gasteiger partial charge on any atom is -0.419 e. The van der Waals surface area contributed by atoms with Gasteiger partial charge < -0.3 is 4.43 Å². The minimum atomic E-state index is -0.741. The van der Waals surface area contributed by atoms with Crippen molar-refractivity contribution < 1.29 is 4.43 Å². The topological polar surface area (TPSA) is 9.23 Å². The average Bonchev–Trinajstić information content (AvgIpc) is 1.90. The highest BCUT2D eigenvalue weighted by atomic mass is 32.1. The first-order chi connectivity index (χ1) is 3.93. The Morgan fingerprint density at radius 2 is 2.38 bits per heavy atom. The molecule has 0 aliphatic carbocycles. The second kappa shape index (κ2) is 3.53. The monoisotopic (exact) mass is 148 g/mol. The van der Waals surface area contributed by atoms with Crippen molar-refractivity contribution in [2.45, 2.75) is 18.9 Å². The third kappa shape index (κ3) is 1.80. The molecule has 1 heterocycles. The Morgan fingerprint density at radius 3 is 2.75 bits per heavy atom. The second-order valence-electron chi connectivity index (χ2n) is 2.17. The second-order valence-corrected chi connectivity index (χ2v) is 5.79. The first-order valence-electron chi connectivity index (χ1n) is 3.16. The van der Waals surface area contributed by atoms with E-state index in [2.05, 4.69) is 12.6 Å². The van der Waals surface area contributed by atoms with Gasteiger partial charge in [-0.1, -0.05) is 6.42 Å². The van der Waals surface area contributed by atoms with Gasteiger partial charge in [0, 0.05) is 12.0 Å². The van der Waals surface area contributed by atoms with Crippen molar-refractivity contribution in [3.63, 3.8) is 0 Å². The molecule has 1 aliphatic rings. The Bertz CT molecular complexity index is 63.4. The maximum atomic E-state index is 5.49. The highest BCUT2D eigenvalue weighted by molar-refractivity contribution is 7.81. The summed E-state index contributed by atoms with van der Waals surface area (Å²) in [7, 11) is -0.741. The van der Waals surface area contributed by atoms with Crippen LogP contribution in [0, 0.1) is 0 Å². The quantitative estimate of drug-likeness (QED) is 0.431. The molecule has 8 heavy (non-hydrogen) atoms. The summed E-state index contributed by atoms with van der Waals surface area (Å²) in [6, 6.07) is 1.35. The highest BCUT2D eigenvalue weighted by Crippen LogP contribution is 2.10. The van der Waals surface area contributed by atoms with E-state index in [0.29, 0.717) is 0 Å². The number of rotatable bonds is 1. The van der Waals surface area contributed by atoms with Gasteiger partial charge >= 0.3 is 0 Å². The maximum absolute atomic E-state index is 5.49. The van der Waals surface area contributed by atoms with E-state index in [9.17, 15) is 0 Å². The van der Waals surface area contributed by atoms with Crippen LogP contribution in [0.3, 0.4) is 0 Å². The minimum absolute atomic E-state index is 0.741. The lowest BCUT2D eigenvalue weighted by Gasteiger charge is -2.18. The summed E-state index contributed by atoms with van der Waals surface area (Å²) in [6.07, 6.45) is 2.66. The molecule has 1 rings (SSSR count). The number of hydrogen-bond donors (Lipinski definition) is 1. The Labute approximate surface area is 57.6 Å². The molecular weight excluding hydrogens is 136 g/mol. The lowest BCUT2D eigenvalue weighted by molar-refractivity contribution is 0.290. The van der Waals surface area contributed by atoms with Crippen LogP contribution in [0.1, 0.15) is 12.8 Å². The number of hydrogen-bond acceptors (Lipinski definition) is 2. The third-order valence-corrected chi connectivity index (χ3v) is 4.87. The number of thiol groups is 1. The molecule has 0 N–H and O–H groups in total. The van der Waals surface area contributed by atoms with Gasteiger partial charge in [0.2, 0.25) is 0 Å². The zero-order valence-electron chi connectivity index (χ0n) is 4.97. The first kappa shape index (κ1) is 6.64. The van der Waals surface area contributed by atoms with Crippen molar-refractivity contribution in [2.24, 2.45) is 0 Å². The Morgan fingerprint density at radius 1 is 1.50 bits per heavy atom. The largest absolute Gasteiger partial charge is 0.419 e. The predicted molar refractivity (Wildman–Crippen MR) is 41.0 cm³/mol. The molecule has 0 aromatic carbocycles. The molecule has 3 heteroatoms. The molecule has 1 atom stereocenters. The summed E-state index contributed by atoms with van der Waals surface area (Å²) < 4.78 is 5.49. The fraction of sp³-hybridized carbons (Fsp3) is 1.00. The van der Waals surface area contributed by atoms with Crippen molar-refractivity contribution >= 4 is 21.7 Å². The van der Waals surface area contributed by atoms with E-state index in [-0.39, 0.29) is 0 Å². The van der Waals surface area contributed by atoms with Crippen molar-refractivity contribution in [1.29, 1.82) is 0 Å². The van der Waals surface area contributed by atoms with Gasteiger partial charge in [0.25, 0.3) is 0 Å². The zero-order chi connectivity index (χ0) is 5.82. The normalized spacial score (nSPS) is 30.4. The summed E-state index contributed by atoms with van der Waals surface area (Å²) in [6.45, 7) is 1.01. The lowest BCUT2D eigenvalue weighted by atomic mass is 10.4. The maximum Gasteiger partial charge on any atom is 0.186 e. The van der Waals surface area contributed by atoms with E-state index in [4.69, 9.17) is 4.43 Å². The molecule has 0 bridgehead atoms. The van der Waals surface area contributed by atoms with Crippen LogP contribution in [0.5, 0.6) is 0 Å². The molecule has 0 radical (unpaired) electrons. The summed E-state index contributed by atoms with van der Waals surface area (Å²) in [5.74, 6) is 0. The summed E-state index contributed by atoms with van der Waals surface area (Å²) in [5, 5.41) is 1.03. The fourth-order valence-electron chi connectivity index (χ4n) is 0.951. The highest BCUT2D eigenvalue weighted by Gasteiger charge is 2.12. The smallest absolute Gasteiger partial charge is 0.186 e. The van der Waals surface area contributed by atoms with Gasteiger partial charge in [0.1, 0.15) is 0 Å². The van der Waals surface area contributed by atoms with Crippen molar-refractivity contribution in [1.82, 2.24) is 0 Å². The van der Waals surface area contributed by atoms with Crippen LogP contribution >= 0.6 is 12.6 Å². The van der Waals surface area contributed by atoms with Gasteiger partial charge in [-0.25, -0.2) is 0 Å². The van der Waals surface area contributed by atoms with Gasteiger partial charge in [-0.2, -0.15) is 12.6 Å². The van der Waals surface area contributed by atoms with Crippen molar-refractivity contribution in [3.05, 3.63) is 0 Å². The van der Waals surface area contributed by atoms with E-state index in [0.717, 1.165) is 12.0 Å². The SMILES string of the molecule is SC[SiH]1CCCCO1. The van der Waals surface area contributed by atoms with E-state index < -0.39 is 9.04 Å². The molecule has 0 amide bonds. The van der Waals surface area contributed by atoms with Gasteiger partial charge in [0.15, 0.2) is 9.04 Å². The predicted octanol–water partition coefficient (Wildman–Crippen LogP) is 0.990. The molecule has 1 fully saturated rings. The lowest BCUT2D eigenvalue weighted by Crippen LogP contribution is -2.25. The fourth-order valence-corrected chi connectivity index (χ4v) is 3.51. The standard InChI is InChI=1S/C5H12OSSi/c7-5-8-4-2-1-3-6-8/h7-8H,1-5H2. The first-order valence-corrected chi connectivity index (χ1v) is 5.89. The summed E-state index contributed by atoms with van der Waals surface area (Å²) in [4.78, 5) is 0. The molecular formula is C5H12OSSi. The van der Waals surface area contributed by atoms with Gasteiger partial charge in [-0.05, 0) is 12.5 Å². The summed E-state index contributed by atoms with van der Waals surface area (Å²) in [5.41, 5.74) is 0. The Hall–Kier alpha value is 0.527. The van der Waals surface area contributed by atoms with Gasteiger partial charge in [-0.3, -0.25) is 0 Å². The van der Waals surface area contributed by atoms with Gasteiger partial charge in [-0.15, -0.1) is 0 Å². The van der Waals surface area contributed by atoms with E-state index in [1.54, 1.807) is 0 Å². The molecule has 0 spiro atoms. The third-order valence-electron chi connectivity index (χ3n) is 1.48. The van der Waals surface area contributed by atoms with Crippen LogP contribution < -0.4 is 0 Å². The molecule has 1 nitrogen and oxygen atoms in total. The van der Waals surface area contributed by atoms with Crippen LogP contribution in [0.15, 0.2) is 0 Å². The van der Waals surface area contributed by atoms with Crippen LogP contribution in [0.25, 0.3) is 0 Å². The molecule has 0 aromatic heterocycles. The molecule has 0 aromatic rings. The summed E-state index contributed by atoms with van der Waals surface area (Å²) >= 11 is 4.20. The molecule has 0 saturated carbocycles. The van der Waals surface area contributed by atoms with Crippen LogP contribution in [0.4, 0.5) is 0 Å².